The molecule has 1 unspecified atom stereocenters. The summed E-state index contributed by atoms with van der Waals surface area (Å²) in [7, 11) is 0. The van der Waals surface area contributed by atoms with E-state index in [2.05, 4.69) is 20.3 Å². The lowest BCUT2D eigenvalue weighted by Crippen LogP contribution is -2.37. The molecule has 1 aliphatic heterocycles. The average molecular weight is 268 g/mol. The molecule has 0 radical (unpaired) electrons. The van der Waals surface area contributed by atoms with Gasteiger partial charge in [-0.2, -0.15) is 15.0 Å². The molecule has 1 aromatic heterocycles. The van der Waals surface area contributed by atoms with Gasteiger partial charge < -0.3 is 25.8 Å². The van der Waals surface area contributed by atoms with Gasteiger partial charge in [-0.1, -0.05) is 6.92 Å². The molecule has 0 saturated carbocycles. The average Bonchev–Trinajstić information content (AvgIpc) is 2.45. The molecule has 1 aliphatic rings. The third-order valence-corrected chi connectivity index (χ3v) is 2.98. The lowest BCUT2D eigenvalue weighted by atomic mass is 10.2. The number of aliphatic hydroxyl groups is 1. The van der Waals surface area contributed by atoms with Crippen LogP contribution in [-0.2, 0) is 4.74 Å². The molecule has 2 heterocycles. The third-order valence-electron chi connectivity index (χ3n) is 2.98. The molecule has 0 spiro atoms. The van der Waals surface area contributed by atoms with E-state index in [4.69, 9.17) is 10.5 Å². The Morgan fingerprint density at radius 2 is 2.11 bits per heavy atom. The van der Waals surface area contributed by atoms with Gasteiger partial charge in [-0.3, -0.25) is 0 Å². The van der Waals surface area contributed by atoms with E-state index in [0.717, 1.165) is 19.5 Å². The number of morpholine rings is 1. The van der Waals surface area contributed by atoms with Crippen LogP contribution in [0.3, 0.4) is 0 Å². The molecule has 0 bridgehead atoms. The summed E-state index contributed by atoms with van der Waals surface area (Å²) in [6.07, 6.45) is 0.773. The van der Waals surface area contributed by atoms with Crippen molar-refractivity contribution < 1.29 is 9.84 Å². The van der Waals surface area contributed by atoms with Crippen molar-refractivity contribution in [2.75, 3.05) is 48.9 Å². The molecular weight excluding hydrogens is 248 g/mol. The predicted octanol–water partition coefficient (Wildman–Crippen LogP) is -0.527. The van der Waals surface area contributed by atoms with Crippen LogP contribution in [0.4, 0.5) is 17.8 Å². The number of ether oxygens (including phenoxy) is 1. The second kappa shape index (κ2) is 6.48. The van der Waals surface area contributed by atoms with Crippen molar-refractivity contribution in [3.05, 3.63) is 0 Å². The van der Waals surface area contributed by atoms with Crippen molar-refractivity contribution in [1.29, 1.82) is 0 Å². The Bertz CT molecular complexity index is 406. The molecular formula is C11H20N6O2. The summed E-state index contributed by atoms with van der Waals surface area (Å²) in [6.45, 7) is 4.78. The van der Waals surface area contributed by atoms with Crippen LogP contribution in [0, 0.1) is 0 Å². The van der Waals surface area contributed by atoms with E-state index in [1.807, 2.05) is 11.8 Å². The monoisotopic (exact) mass is 268 g/mol. The highest BCUT2D eigenvalue weighted by atomic mass is 16.5. The van der Waals surface area contributed by atoms with E-state index >= 15 is 0 Å². The first kappa shape index (κ1) is 13.8. The Hall–Kier alpha value is -1.67. The van der Waals surface area contributed by atoms with E-state index in [1.54, 1.807) is 0 Å². The van der Waals surface area contributed by atoms with Gasteiger partial charge in [0.1, 0.15) is 0 Å². The lowest BCUT2D eigenvalue weighted by molar-refractivity contribution is 0.122. The van der Waals surface area contributed by atoms with Crippen molar-refractivity contribution >= 4 is 17.8 Å². The molecule has 8 heteroatoms. The van der Waals surface area contributed by atoms with Gasteiger partial charge in [0, 0.05) is 13.1 Å². The third kappa shape index (κ3) is 3.65. The second-order valence-corrected chi connectivity index (χ2v) is 4.35. The molecule has 1 fully saturated rings. The van der Waals surface area contributed by atoms with Gasteiger partial charge in [-0.05, 0) is 6.42 Å². The van der Waals surface area contributed by atoms with Crippen molar-refractivity contribution in [3.8, 4) is 0 Å². The number of nitrogens with two attached hydrogens (primary N) is 1. The molecule has 1 saturated heterocycles. The van der Waals surface area contributed by atoms with Gasteiger partial charge in [-0.25, -0.2) is 0 Å². The van der Waals surface area contributed by atoms with Gasteiger partial charge in [0.2, 0.25) is 17.8 Å². The van der Waals surface area contributed by atoms with Crippen LogP contribution >= 0.6 is 0 Å². The smallest absolute Gasteiger partial charge is 0.232 e. The number of rotatable bonds is 5. The Labute approximate surface area is 112 Å². The number of nitrogens with zero attached hydrogens (tertiary/aromatic N) is 4. The van der Waals surface area contributed by atoms with Gasteiger partial charge in [-0.15, -0.1) is 0 Å². The first-order valence-corrected chi connectivity index (χ1v) is 6.44. The summed E-state index contributed by atoms with van der Waals surface area (Å²) in [5.74, 6) is 1.12. The fourth-order valence-electron chi connectivity index (χ4n) is 1.81. The summed E-state index contributed by atoms with van der Waals surface area (Å²) in [5, 5.41) is 12.2. The molecule has 19 heavy (non-hydrogen) atoms. The van der Waals surface area contributed by atoms with Gasteiger partial charge in [0.15, 0.2) is 0 Å². The Kier molecular flexibility index (Phi) is 4.69. The van der Waals surface area contributed by atoms with Gasteiger partial charge >= 0.3 is 0 Å². The first-order valence-electron chi connectivity index (χ1n) is 6.44. The molecule has 4 N–H and O–H groups in total. The highest BCUT2D eigenvalue weighted by Gasteiger charge is 2.16. The van der Waals surface area contributed by atoms with Gasteiger partial charge in [0.05, 0.1) is 25.9 Å². The zero-order valence-corrected chi connectivity index (χ0v) is 11.0. The van der Waals surface area contributed by atoms with Crippen LogP contribution in [0.5, 0.6) is 0 Å². The summed E-state index contributed by atoms with van der Waals surface area (Å²) in [5.41, 5.74) is 5.70. The molecule has 0 aromatic carbocycles. The molecule has 2 rings (SSSR count). The fraction of sp³-hybridized carbons (Fsp3) is 0.727. The SMILES string of the molecule is CCC(CO)Nc1nc(N)nc(N2CCOCC2)n1. The molecule has 0 aliphatic carbocycles. The number of anilines is 3. The van der Waals surface area contributed by atoms with E-state index in [0.29, 0.717) is 25.1 Å². The van der Waals surface area contributed by atoms with Crippen molar-refractivity contribution in [1.82, 2.24) is 15.0 Å². The zero-order chi connectivity index (χ0) is 13.7. The minimum atomic E-state index is -0.0839. The van der Waals surface area contributed by atoms with Crippen LogP contribution in [0.1, 0.15) is 13.3 Å². The fourth-order valence-corrected chi connectivity index (χ4v) is 1.81. The Balaban J connectivity index is 2.13. The Morgan fingerprint density at radius 1 is 1.37 bits per heavy atom. The molecule has 8 nitrogen and oxygen atoms in total. The van der Waals surface area contributed by atoms with E-state index in [1.165, 1.54) is 0 Å². The number of hydrogen-bond donors (Lipinski definition) is 3. The number of nitrogen functional groups attached to an aromatic ring is 1. The topological polar surface area (TPSA) is 109 Å². The predicted molar refractivity (Wildman–Crippen MR) is 72.1 cm³/mol. The van der Waals surface area contributed by atoms with Crippen LogP contribution in [-0.4, -0.2) is 59.0 Å². The van der Waals surface area contributed by atoms with Crippen molar-refractivity contribution in [2.24, 2.45) is 0 Å². The van der Waals surface area contributed by atoms with Crippen LogP contribution < -0.4 is 16.0 Å². The maximum Gasteiger partial charge on any atom is 0.232 e. The standard InChI is InChI=1S/C11H20N6O2/c1-2-8(7-18)13-10-14-9(12)15-11(16-10)17-3-5-19-6-4-17/h8,18H,2-7H2,1H3,(H3,12,13,14,15,16). The largest absolute Gasteiger partial charge is 0.394 e. The quantitative estimate of drug-likeness (QED) is 0.654. The highest BCUT2D eigenvalue weighted by Crippen LogP contribution is 2.14. The summed E-state index contributed by atoms with van der Waals surface area (Å²) >= 11 is 0. The van der Waals surface area contributed by atoms with Crippen LogP contribution in [0.2, 0.25) is 0 Å². The van der Waals surface area contributed by atoms with Crippen molar-refractivity contribution in [2.45, 2.75) is 19.4 Å². The van der Waals surface area contributed by atoms with E-state index < -0.39 is 0 Å². The van der Waals surface area contributed by atoms with E-state index in [-0.39, 0.29) is 18.6 Å². The molecule has 1 aromatic rings. The minimum Gasteiger partial charge on any atom is -0.394 e. The normalized spacial score (nSPS) is 17.3. The first-order chi connectivity index (χ1) is 9.22. The second-order valence-electron chi connectivity index (χ2n) is 4.35. The van der Waals surface area contributed by atoms with Gasteiger partial charge in [0.25, 0.3) is 0 Å². The zero-order valence-electron chi connectivity index (χ0n) is 11.0. The Morgan fingerprint density at radius 3 is 2.74 bits per heavy atom. The highest BCUT2D eigenvalue weighted by molar-refractivity contribution is 5.42. The van der Waals surface area contributed by atoms with Crippen molar-refractivity contribution in [3.63, 3.8) is 0 Å². The number of nitrogens with one attached hydrogen (secondary N) is 1. The maximum atomic E-state index is 9.18. The molecule has 106 valence electrons. The van der Waals surface area contributed by atoms with Crippen LogP contribution in [0.15, 0.2) is 0 Å². The lowest BCUT2D eigenvalue weighted by Gasteiger charge is -2.27. The number of aromatic nitrogens is 3. The molecule has 1 atom stereocenters. The molecule has 0 amide bonds. The summed E-state index contributed by atoms with van der Waals surface area (Å²) in [4.78, 5) is 14.5. The maximum absolute atomic E-state index is 9.18. The number of aliphatic hydroxyl groups excluding tert-OH is 1. The summed E-state index contributed by atoms with van der Waals surface area (Å²) in [6, 6.07) is -0.0839. The van der Waals surface area contributed by atoms with Crippen LogP contribution in [0.25, 0.3) is 0 Å². The van der Waals surface area contributed by atoms with E-state index in [9.17, 15) is 5.11 Å². The number of hydrogen-bond acceptors (Lipinski definition) is 8. The summed E-state index contributed by atoms with van der Waals surface area (Å²) < 4.78 is 5.29. The minimum absolute atomic E-state index is 0.0228.